The van der Waals surface area contributed by atoms with E-state index in [0.29, 0.717) is 33.8 Å². The van der Waals surface area contributed by atoms with E-state index in [9.17, 15) is 17.8 Å². The van der Waals surface area contributed by atoms with E-state index in [2.05, 4.69) is 10.5 Å². The fraction of sp³-hybridized carbons (Fsp3) is 0.391. The van der Waals surface area contributed by atoms with E-state index in [0.717, 1.165) is 24.8 Å². The Morgan fingerprint density at radius 1 is 1.09 bits per heavy atom. The topological polar surface area (TPSA) is 99.1 Å². The van der Waals surface area contributed by atoms with Crippen LogP contribution in [0.1, 0.15) is 44.2 Å². The molecule has 2 atom stereocenters. The molecule has 1 fully saturated rings. The van der Waals surface area contributed by atoms with Gasteiger partial charge in [-0.25, -0.2) is 4.59 Å². The van der Waals surface area contributed by atoms with Crippen LogP contribution in [0.3, 0.4) is 0 Å². The van der Waals surface area contributed by atoms with Gasteiger partial charge in [-0.2, -0.15) is 18.9 Å². The molecule has 0 bridgehead atoms. The molecule has 0 aromatic heterocycles. The number of nitrogens with zero attached hydrogens (tertiary/aromatic N) is 3. The first-order chi connectivity index (χ1) is 16.5. The number of amides is 1. The highest BCUT2D eigenvalue weighted by atomic mass is 35.5. The monoisotopic (exact) mass is 559 g/mol. The Balaban J connectivity index is 1.68. The summed E-state index contributed by atoms with van der Waals surface area (Å²) < 4.78 is 33.6. The Labute approximate surface area is 219 Å². The molecule has 188 valence electrons. The molecule has 4 rings (SSSR count). The number of piperidine rings is 1. The van der Waals surface area contributed by atoms with E-state index < -0.39 is 21.4 Å². The van der Waals surface area contributed by atoms with Crippen LogP contribution in [0, 0.1) is 0 Å². The number of likely N-dealkylation sites (tertiary alicyclic amines) is 1. The Morgan fingerprint density at radius 2 is 1.71 bits per heavy atom. The van der Waals surface area contributed by atoms with Crippen LogP contribution >= 0.6 is 34.8 Å². The van der Waals surface area contributed by atoms with Crippen LogP contribution in [0.5, 0.6) is 0 Å². The van der Waals surface area contributed by atoms with Crippen molar-refractivity contribution in [3.8, 4) is 0 Å². The van der Waals surface area contributed by atoms with Gasteiger partial charge in [0.05, 0.1) is 16.8 Å². The molecule has 2 aromatic rings. The average Bonchev–Trinajstić information content (AvgIpc) is 3.24. The fourth-order valence-corrected chi connectivity index (χ4v) is 6.04. The minimum atomic E-state index is -4.39. The van der Waals surface area contributed by atoms with Gasteiger partial charge < -0.3 is 0 Å². The molecule has 8 nitrogen and oxygen atoms in total. The van der Waals surface area contributed by atoms with Gasteiger partial charge in [-0.1, -0.05) is 46.9 Å². The van der Waals surface area contributed by atoms with E-state index >= 15 is 0 Å². The van der Waals surface area contributed by atoms with E-state index in [1.54, 1.807) is 35.3 Å². The Hall–Kier alpha value is -1.88. The summed E-state index contributed by atoms with van der Waals surface area (Å²) in [5.41, 5.74) is 4.56. The van der Waals surface area contributed by atoms with Crippen LogP contribution in [0.4, 0.5) is 5.69 Å². The number of hydrazone groups is 1. The number of anilines is 1. The lowest BCUT2D eigenvalue weighted by Gasteiger charge is -2.42. The summed E-state index contributed by atoms with van der Waals surface area (Å²) in [6, 6.07) is 11.9. The van der Waals surface area contributed by atoms with E-state index in [1.807, 2.05) is 12.1 Å². The smallest absolute Gasteiger partial charge is 0.281 e. The van der Waals surface area contributed by atoms with Crippen molar-refractivity contribution in [2.75, 3.05) is 18.1 Å². The molecule has 1 amide bonds. The maximum Gasteiger partial charge on any atom is 0.321 e. The number of nitrogens with one attached hydrogen (secondary N) is 1. The third-order valence-electron chi connectivity index (χ3n) is 6.65. The number of halogens is 3. The third kappa shape index (κ3) is 5.60. The summed E-state index contributed by atoms with van der Waals surface area (Å²) in [6.07, 6.45) is 2.64. The lowest BCUT2D eigenvalue weighted by Crippen LogP contribution is -2.69. The van der Waals surface area contributed by atoms with E-state index in [1.165, 1.54) is 6.92 Å². The summed E-state index contributed by atoms with van der Waals surface area (Å²) in [6.45, 7) is 2.20. The SMILES string of the molecule is CC([N+]1(NC(=O)C2=NN(c3ccc(Cl)cc3Cl)[C@H](c3ccc(Cl)cc3)C2)CCCCC1)S(=O)(=O)O. The summed E-state index contributed by atoms with van der Waals surface area (Å²) >= 11 is 18.6. The molecule has 12 heteroatoms. The molecule has 2 aliphatic rings. The maximum atomic E-state index is 13.5. The first-order valence-electron chi connectivity index (χ1n) is 11.2. The van der Waals surface area contributed by atoms with Gasteiger partial charge in [0.1, 0.15) is 18.8 Å². The molecule has 35 heavy (non-hydrogen) atoms. The zero-order valence-electron chi connectivity index (χ0n) is 19.0. The third-order valence-corrected chi connectivity index (χ3v) is 8.70. The van der Waals surface area contributed by atoms with E-state index in [-0.39, 0.29) is 22.8 Å². The van der Waals surface area contributed by atoms with Crippen molar-refractivity contribution in [2.24, 2.45) is 5.10 Å². The largest absolute Gasteiger partial charge is 0.321 e. The van der Waals surface area contributed by atoms with Gasteiger partial charge in [-0.15, -0.1) is 0 Å². The van der Waals surface area contributed by atoms with Crippen LogP contribution in [-0.2, 0) is 14.9 Å². The first kappa shape index (κ1) is 26.2. The maximum absolute atomic E-state index is 13.5. The number of carbonyl (C=O) groups excluding carboxylic acids is 1. The standard InChI is InChI=1S/C23H25Cl3N4O4S/c1-15(35(32,33)34)30(11-3-2-4-12-30)28-23(31)20-14-22(16-5-7-17(24)8-6-16)29(27-20)21-10-9-18(25)13-19(21)26/h5-10,13,15,22H,2-4,11-12,14H2,1H3,(H-,28,31,32,33,34)/p+1/t15?,22-/m0/s1. The molecular weight excluding hydrogens is 535 g/mol. The minimum absolute atomic E-state index is 0.224. The van der Waals surface area contributed by atoms with Gasteiger partial charge in [0.25, 0.3) is 0 Å². The quantitative estimate of drug-likeness (QED) is 0.373. The minimum Gasteiger partial charge on any atom is -0.281 e. The van der Waals surface area contributed by atoms with Gasteiger partial charge >= 0.3 is 16.0 Å². The summed E-state index contributed by atoms with van der Waals surface area (Å²) in [7, 11) is -4.39. The molecule has 2 aromatic carbocycles. The zero-order chi connectivity index (χ0) is 25.4. The lowest BCUT2D eigenvalue weighted by atomic mass is 10.0. The highest BCUT2D eigenvalue weighted by molar-refractivity contribution is 7.86. The van der Waals surface area contributed by atoms with Crippen LogP contribution in [0.15, 0.2) is 47.6 Å². The van der Waals surface area contributed by atoms with Crippen molar-refractivity contribution in [1.29, 1.82) is 0 Å². The van der Waals surface area contributed by atoms with Crippen LogP contribution < -0.4 is 10.4 Å². The summed E-state index contributed by atoms with van der Waals surface area (Å²) in [5, 5.41) is 6.50. The van der Waals surface area contributed by atoms with Gasteiger partial charge in [0, 0.05) is 23.4 Å². The van der Waals surface area contributed by atoms with Crippen molar-refractivity contribution in [1.82, 2.24) is 5.43 Å². The predicted molar refractivity (Wildman–Crippen MR) is 138 cm³/mol. The van der Waals surface area contributed by atoms with Crippen LogP contribution in [0.2, 0.25) is 15.1 Å². The zero-order valence-corrected chi connectivity index (χ0v) is 22.1. The van der Waals surface area contributed by atoms with Gasteiger partial charge in [-0.3, -0.25) is 14.4 Å². The lowest BCUT2D eigenvalue weighted by molar-refractivity contribution is -0.973. The molecule has 2 N–H and O–H groups in total. The van der Waals surface area contributed by atoms with Crippen molar-refractivity contribution in [3.63, 3.8) is 0 Å². The van der Waals surface area contributed by atoms with Crippen LogP contribution in [0.25, 0.3) is 0 Å². The molecule has 0 spiro atoms. The molecule has 1 unspecified atom stereocenters. The van der Waals surface area contributed by atoms with Crippen molar-refractivity contribution < 1.29 is 22.4 Å². The van der Waals surface area contributed by atoms with Crippen molar-refractivity contribution >= 4 is 62.2 Å². The highest BCUT2D eigenvalue weighted by Crippen LogP contribution is 2.40. The van der Waals surface area contributed by atoms with Crippen molar-refractivity contribution in [2.45, 2.75) is 44.0 Å². The molecule has 0 aliphatic carbocycles. The number of carbonyl (C=O) groups is 1. The second-order valence-electron chi connectivity index (χ2n) is 8.86. The summed E-state index contributed by atoms with van der Waals surface area (Å²) in [5.74, 6) is -0.492. The normalized spacial score (nSPS) is 20.9. The first-order valence-corrected chi connectivity index (χ1v) is 13.9. The predicted octanol–water partition coefficient (Wildman–Crippen LogP) is 5.22. The molecular formula is C23H26Cl3N4O4S+. The van der Waals surface area contributed by atoms with E-state index in [4.69, 9.17) is 34.8 Å². The Kier molecular flexibility index (Phi) is 7.66. The highest BCUT2D eigenvalue weighted by Gasteiger charge is 2.46. The number of rotatable bonds is 6. The van der Waals surface area contributed by atoms with Gasteiger partial charge in [-0.05, 0) is 55.2 Å². The van der Waals surface area contributed by atoms with Gasteiger partial charge in [0.2, 0.25) is 5.37 Å². The molecule has 0 radical (unpaired) electrons. The van der Waals surface area contributed by atoms with Gasteiger partial charge in [0.15, 0.2) is 0 Å². The molecule has 1 saturated heterocycles. The number of quaternary nitrogens is 1. The molecule has 0 saturated carbocycles. The fourth-order valence-electron chi connectivity index (χ4n) is 4.65. The second kappa shape index (κ2) is 10.2. The van der Waals surface area contributed by atoms with Crippen LogP contribution in [-0.4, -0.2) is 47.6 Å². The summed E-state index contributed by atoms with van der Waals surface area (Å²) in [4.78, 5) is 13.5. The molecule has 2 aliphatic heterocycles. The average molecular weight is 561 g/mol. The second-order valence-corrected chi connectivity index (χ2v) is 11.8. The van der Waals surface area contributed by atoms with Crippen molar-refractivity contribution in [3.05, 3.63) is 63.1 Å². The number of benzene rings is 2. The molecule has 2 heterocycles. The number of hydrogen-bond donors (Lipinski definition) is 2. The number of hydrogen-bond acceptors (Lipinski definition) is 5. The Morgan fingerprint density at radius 3 is 2.31 bits per heavy atom. The Bertz CT molecular complexity index is 1250.